The summed E-state index contributed by atoms with van der Waals surface area (Å²) >= 11 is 0. The highest BCUT2D eigenvalue weighted by Gasteiger charge is 2.19. The number of nitrogens with one attached hydrogen (secondary N) is 3. The standard InChI is InChI=1S/C23H32N4O.HI/c1-5-24-22(26-17-23(3,4)20-9-7-6-8-10-20)25-16-15-19-11-13-21(14-12-19)27-18(2)28;/h6-14H,5,15-17H2,1-4H3,(H,27,28)(H2,24,25,26);1H. The number of aliphatic imine (C=N–C) groups is 1. The Hall–Kier alpha value is -2.09. The van der Waals surface area contributed by atoms with Crippen LogP contribution in [0.15, 0.2) is 59.6 Å². The van der Waals surface area contributed by atoms with Crippen molar-refractivity contribution in [2.75, 3.05) is 25.0 Å². The lowest BCUT2D eigenvalue weighted by atomic mass is 9.85. The maximum absolute atomic E-state index is 11.1. The van der Waals surface area contributed by atoms with E-state index in [0.29, 0.717) is 6.54 Å². The van der Waals surface area contributed by atoms with E-state index in [1.807, 2.05) is 30.3 Å². The van der Waals surface area contributed by atoms with Crippen LogP contribution >= 0.6 is 24.0 Å². The van der Waals surface area contributed by atoms with E-state index in [1.165, 1.54) is 18.1 Å². The molecule has 1 amide bonds. The van der Waals surface area contributed by atoms with Gasteiger partial charge in [-0.1, -0.05) is 56.3 Å². The lowest BCUT2D eigenvalue weighted by Crippen LogP contribution is -2.39. The first-order valence-corrected chi connectivity index (χ1v) is 9.85. The van der Waals surface area contributed by atoms with Crippen molar-refractivity contribution in [3.63, 3.8) is 0 Å². The molecule has 0 aliphatic carbocycles. The molecule has 158 valence electrons. The summed E-state index contributed by atoms with van der Waals surface area (Å²) in [7, 11) is 0. The Balaban J connectivity index is 0.00000420. The number of benzene rings is 2. The van der Waals surface area contributed by atoms with Crippen LogP contribution in [0.3, 0.4) is 0 Å². The van der Waals surface area contributed by atoms with Gasteiger partial charge in [0.25, 0.3) is 0 Å². The monoisotopic (exact) mass is 508 g/mol. The van der Waals surface area contributed by atoms with Crippen molar-refractivity contribution < 1.29 is 4.79 Å². The van der Waals surface area contributed by atoms with E-state index in [0.717, 1.165) is 31.2 Å². The number of hydrogen-bond donors (Lipinski definition) is 3. The van der Waals surface area contributed by atoms with Gasteiger partial charge >= 0.3 is 0 Å². The van der Waals surface area contributed by atoms with Gasteiger partial charge in [0.15, 0.2) is 5.96 Å². The summed E-state index contributed by atoms with van der Waals surface area (Å²) in [6.07, 6.45) is 0.882. The van der Waals surface area contributed by atoms with Gasteiger partial charge in [-0.05, 0) is 36.6 Å². The van der Waals surface area contributed by atoms with Gasteiger partial charge in [-0.2, -0.15) is 0 Å². The zero-order valence-electron chi connectivity index (χ0n) is 17.8. The van der Waals surface area contributed by atoms with Crippen LogP contribution in [-0.2, 0) is 16.6 Å². The quantitative estimate of drug-likeness (QED) is 0.283. The molecule has 6 heteroatoms. The number of carbonyl (C=O) groups excluding carboxylic acids is 1. The second kappa shape index (κ2) is 12.5. The van der Waals surface area contributed by atoms with Crippen molar-refractivity contribution in [3.8, 4) is 0 Å². The summed E-state index contributed by atoms with van der Waals surface area (Å²) in [6, 6.07) is 18.4. The molecular formula is C23H33IN4O. The van der Waals surface area contributed by atoms with Crippen molar-refractivity contribution in [3.05, 3.63) is 65.7 Å². The fraction of sp³-hybridized carbons (Fsp3) is 0.391. The maximum atomic E-state index is 11.1. The first-order chi connectivity index (χ1) is 13.4. The van der Waals surface area contributed by atoms with E-state index in [9.17, 15) is 4.79 Å². The number of anilines is 1. The summed E-state index contributed by atoms with van der Waals surface area (Å²) in [5.41, 5.74) is 3.29. The van der Waals surface area contributed by atoms with Crippen LogP contribution in [0.4, 0.5) is 5.69 Å². The predicted molar refractivity (Wildman–Crippen MR) is 133 cm³/mol. The fourth-order valence-corrected chi connectivity index (χ4v) is 2.88. The molecule has 2 aromatic carbocycles. The number of rotatable bonds is 8. The van der Waals surface area contributed by atoms with Gasteiger partial charge < -0.3 is 16.0 Å². The third-order valence-electron chi connectivity index (χ3n) is 4.51. The molecule has 29 heavy (non-hydrogen) atoms. The number of halogens is 1. The molecule has 0 unspecified atom stereocenters. The van der Waals surface area contributed by atoms with Gasteiger partial charge in [-0.15, -0.1) is 24.0 Å². The first kappa shape index (κ1) is 24.9. The molecule has 0 aromatic heterocycles. The number of amides is 1. The zero-order chi connectivity index (χ0) is 20.4. The smallest absolute Gasteiger partial charge is 0.221 e. The molecule has 5 nitrogen and oxygen atoms in total. The second-order valence-electron chi connectivity index (χ2n) is 7.50. The fourth-order valence-electron chi connectivity index (χ4n) is 2.88. The van der Waals surface area contributed by atoms with E-state index < -0.39 is 0 Å². The van der Waals surface area contributed by atoms with Gasteiger partial charge in [0.1, 0.15) is 0 Å². The summed E-state index contributed by atoms with van der Waals surface area (Å²) in [4.78, 5) is 15.9. The maximum Gasteiger partial charge on any atom is 0.221 e. The Morgan fingerprint density at radius 2 is 1.66 bits per heavy atom. The molecule has 0 bridgehead atoms. The van der Waals surface area contributed by atoms with Gasteiger partial charge in [-0.3, -0.25) is 9.79 Å². The van der Waals surface area contributed by atoms with Gasteiger partial charge in [-0.25, -0.2) is 0 Å². The second-order valence-corrected chi connectivity index (χ2v) is 7.50. The van der Waals surface area contributed by atoms with E-state index >= 15 is 0 Å². The van der Waals surface area contributed by atoms with Gasteiger partial charge in [0.05, 0.1) is 6.54 Å². The van der Waals surface area contributed by atoms with Crippen molar-refractivity contribution >= 4 is 41.5 Å². The van der Waals surface area contributed by atoms with Crippen molar-refractivity contribution in [2.45, 2.75) is 39.5 Å². The molecule has 0 spiro atoms. The van der Waals surface area contributed by atoms with Crippen LogP contribution in [0.1, 0.15) is 38.8 Å². The molecule has 0 saturated carbocycles. The Labute approximate surface area is 191 Å². The van der Waals surface area contributed by atoms with Crippen molar-refractivity contribution in [1.82, 2.24) is 10.6 Å². The summed E-state index contributed by atoms with van der Waals surface area (Å²) in [6.45, 7) is 10.3. The minimum Gasteiger partial charge on any atom is -0.357 e. The molecule has 3 N–H and O–H groups in total. The largest absolute Gasteiger partial charge is 0.357 e. The summed E-state index contributed by atoms with van der Waals surface area (Å²) in [5, 5.41) is 9.51. The molecule has 0 aliphatic rings. The van der Waals surface area contributed by atoms with E-state index in [2.05, 4.69) is 61.0 Å². The Morgan fingerprint density at radius 3 is 2.24 bits per heavy atom. The van der Waals surface area contributed by atoms with Crippen LogP contribution in [0.25, 0.3) is 0 Å². The average molecular weight is 508 g/mol. The molecule has 0 atom stereocenters. The Kier molecular flexibility index (Phi) is 10.7. The number of nitrogens with zero attached hydrogens (tertiary/aromatic N) is 1. The van der Waals surface area contributed by atoms with Crippen molar-refractivity contribution in [2.24, 2.45) is 4.99 Å². The third kappa shape index (κ3) is 8.85. The van der Waals surface area contributed by atoms with Crippen LogP contribution in [0.5, 0.6) is 0 Å². The van der Waals surface area contributed by atoms with Gasteiger partial charge in [0, 0.05) is 31.1 Å². The Morgan fingerprint density at radius 1 is 1.00 bits per heavy atom. The highest BCUT2D eigenvalue weighted by molar-refractivity contribution is 14.0. The normalized spacial score (nSPS) is 11.4. The number of carbonyl (C=O) groups is 1. The minimum absolute atomic E-state index is 0. The lowest BCUT2D eigenvalue weighted by Gasteiger charge is -2.24. The van der Waals surface area contributed by atoms with E-state index in [-0.39, 0.29) is 35.3 Å². The third-order valence-corrected chi connectivity index (χ3v) is 4.51. The lowest BCUT2D eigenvalue weighted by molar-refractivity contribution is -0.114. The minimum atomic E-state index is -0.0562. The molecule has 0 fully saturated rings. The SMILES string of the molecule is CCNC(=NCC(C)(C)c1ccccc1)NCCc1ccc(NC(C)=O)cc1.I. The molecule has 0 saturated heterocycles. The first-order valence-electron chi connectivity index (χ1n) is 9.85. The molecule has 2 aromatic rings. The molecule has 0 aliphatic heterocycles. The van der Waals surface area contributed by atoms with Crippen molar-refractivity contribution in [1.29, 1.82) is 0 Å². The highest BCUT2D eigenvalue weighted by Crippen LogP contribution is 2.22. The Bertz CT molecular complexity index is 773. The summed E-state index contributed by atoms with van der Waals surface area (Å²) in [5.74, 6) is 0.778. The number of hydrogen-bond acceptors (Lipinski definition) is 2. The number of guanidine groups is 1. The predicted octanol–water partition coefficient (Wildman–Crippen LogP) is 4.34. The molecular weight excluding hydrogens is 475 g/mol. The summed E-state index contributed by atoms with van der Waals surface area (Å²) < 4.78 is 0. The van der Waals surface area contributed by atoms with Crippen LogP contribution in [-0.4, -0.2) is 31.5 Å². The molecule has 0 heterocycles. The topological polar surface area (TPSA) is 65.5 Å². The molecule has 0 radical (unpaired) electrons. The van der Waals surface area contributed by atoms with E-state index in [4.69, 9.17) is 4.99 Å². The zero-order valence-corrected chi connectivity index (χ0v) is 20.1. The molecule has 2 rings (SSSR count). The van der Waals surface area contributed by atoms with Crippen LogP contribution < -0.4 is 16.0 Å². The average Bonchev–Trinajstić information content (AvgIpc) is 2.68. The van der Waals surface area contributed by atoms with Crippen LogP contribution in [0, 0.1) is 0 Å². The van der Waals surface area contributed by atoms with E-state index in [1.54, 1.807) is 0 Å². The highest BCUT2D eigenvalue weighted by atomic mass is 127. The van der Waals surface area contributed by atoms with Crippen LogP contribution in [0.2, 0.25) is 0 Å². The van der Waals surface area contributed by atoms with Gasteiger partial charge in [0.2, 0.25) is 5.91 Å².